The molecule has 11 heteroatoms. The maximum Gasteiger partial charge on any atom is 0.228 e. The fraction of sp³-hybridized carbons (Fsp3) is 0.300. The minimum Gasteiger partial charge on any atom is -0.395 e. The molecular formula is C30H29Cl3FN3O4. The zero-order valence-electron chi connectivity index (χ0n) is 22.1. The molecule has 1 unspecified atom stereocenters. The molecule has 1 N–H and O–H groups in total. The highest BCUT2D eigenvalue weighted by Gasteiger charge is 2.35. The van der Waals surface area contributed by atoms with E-state index < -0.39 is 23.5 Å². The first-order chi connectivity index (χ1) is 19.7. The zero-order valence-corrected chi connectivity index (χ0v) is 24.4. The Morgan fingerprint density at radius 1 is 0.854 bits per heavy atom. The number of rotatable bonds is 10. The first-order valence-corrected chi connectivity index (χ1v) is 14.2. The summed E-state index contributed by atoms with van der Waals surface area (Å²) in [5, 5.41) is 9.98. The van der Waals surface area contributed by atoms with Gasteiger partial charge in [0, 0.05) is 77.4 Å². The zero-order chi connectivity index (χ0) is 29.5. The summed E-state index contributed by atoms with van der Waals surface area (Å²) in [4.78, 5) is 46.0. The molecule has 41 heavy (non-hydrogen) atoms. The Bertz CT molecular complexity index is 1380. The number of benzene rings is 3. The van der Waals surface area contributed by atoms with Gasteiger partial charge >= 0.3 is 0 Å². The average Bonchev–Trinajstić information content (AvgIpc) is 2.96. The Balaban J connectivity index is 1.66. The van der Waals surface area contributed by atoms with Crippen LogP contribution in [0.4, 0.5) is 10.1 Å². The molecule has 1 heterocycles. The van der Waals surface area contributed by atoms with Crippen molar-refractivity contribution in [3.8, 4) is 0 Å². The van der Waals surface area contributed by atoms with Gasteiger partial charge in [-0.25, -0.2) is 4.39 Å². The molecule has 1 atom stereocenters. The van der Waals surface area contributed by atoms with Gasteiger partial charge in [-0.15, -0.1) is 0 Å². The molecule has 1 fully saturated rings. The molecule has 2 amide bonds. The van der Waals surface area contributed by atoms with Gasteiger partial charge in [0.15, 0.2) is 5.78 Å². The molecule has 216 valence electrons. The Labute approximate surface area is 253 Å². The average molecular weight is 621 g/mol. The Kier molecular flexibility index (Phi) is 10.8. The van der Waals surface area contributed by atoms with E-state index in [1.54, 1.807) is 53.4 Å². The van der Waals surface area contributed by atoms with Gasteiger partial charge in [0.05, 0.1) is 6.61 Å². The predicted octanol–water partition coefficient (Wildman–Crippen LogP) is 5.66. The molecule has 0 saturated carbocycles. The SMILES string of the molecule is O=C(c1ccc(Cl)cc1)C(c1ccc(F)cc1Cl)N(C(=O)CCC(=O)N1CCN(CCO)CC1)c1ccc(Cl)cc1. The number of ketones is 1. The number of β-amino-alcohol motifs (C(OH)–C–C–N with tert-alkyl or cyclic N) is 1. The number of nitrogens with zero attached hydrogens (tertiary/aromatic N) is 3. The van der Waals surface area contributed by atoms with Crippen LogP contribution in [0, 0.1) is 5.82 Å². The quantitative estimate of drug-likeness (QED) is 0.296. The molecule has 1 aliphatic rings. The second-order valence-corrected chi connectivity index (χ2v) is 10.9. The van der Waals surface area contributed by atoms with Crippen LogP contribution in [-0.4, -0.2) is 71.8 Å². The summed E-state index contributed by atoms with van der Waals surface area (Å²) in [7, 11) is 0. The van der Waals surface area contributed by atoms with Crippen molar-refractivity contribution >= 4 is 58.1 Å². The van der Waals surface area contributed by atoms with Crippen LogP contribution >= 0.6 is 34.8 Å². The van der Waals surface area contributed by atoms with Crippen LogP contribution in [-0.2, 0) is 9.59 Å². The van der Waals surface area contributed by atoms with E-state index in [4.69, 9.17) is 39.9 Å². The van der Waals surface area contributed by atoms with Gasteiger partial charge in [-0.3, -0.25) is 24.2 Å². The van der Waals surface area contributed by atoms with Crippen LogP contribution in [0.1, 0.15) is 34.8 Å². The van der Waals surface area contributed by atoms with Crippen molar-refractivity contribution in [2.45, 2.75) is 18.9 Å². The molecule has 0 aromatic heterocycles. The first-order valence-electron chi connectivity index (χ1n) is 13.1. The van der Waals surface area contributed by atoms with Gasteiger partial charge in [-0.05, 0) is 60.7 Å². The van der Waals surface area contributed by atoms with Gasteiger partial charge in [0.2, 0.25) is 11.8 Å². The molecule has 0 bridgehead atoms. The lowest BCUT2D eigenvalue weighted by Gasteiger charge is -2.35. The molecule has 3 aromatic carbocycles. The number of Topliss-reactive ketones (excluding diaryl/α,β-unsaturated/α-hetero) is 1. The highest BCUT2D eigenvalue weighted by Crippen LogP contribution is 2.36. The number of hydrogen-bond acceptors (Lipinski definition) is 5. The normalized spacial score (nSPS) is 14.5. The molecule has 0 radical (unpaired) electrons. The maximum atomic E-state index is 14.0. The number of halogens is 4. The van der Waals surface area contributed by atoms with Crippen LogP contribution in [0.15, 0.2) is 66.7 Å². The highest BCUT2D eigenvalue weighted by atomic mass is 35.5. The molecular weight excluding hydrogens is 592 g/mol. The van der Waals surface area contributed by atoms with Gasteiger partial charge in [-0.1, -0.05) is 40.9 Å². The van der Waals surface area contributed by atoms with E-state index in [9.17, 15) is 18.8 Å². The van der Waals surface area contributed by atoms with E-state index in [0.717, 1.165) is 6.07 Å². The Morgan fingerprint density at radius 2 is 1.46 bits per heavy atom. The minimum absolute atomic E-state index is 0.0269. The summed E-state index contributed by atoms with van der Waals surface area (Å²) >= 11 is 18.6. The summed E-state index contributed by atoms with van der Waals surface area (Å²) in [5.74, 6) is -1.74. The Hall–Kier alpha value is -3.01. The standard InChI is InChI=1S/C30H29Cl3FN3O4/c31-21-3-1-20(2-4-21)30(41)29(25-10-7-23(34)19-26(25)33)37(24-8-5-22(32)6-9-24)28(40)12-11-27(39)36-15-13-35(14-16-36)17-18-38/h1-10,19,29,38H,11-18H2. The van der Waals surface area contributed by atoms with Crippen molar-refractivity contribution in [2.24, 2.45) is 0 Å². The number of hydrogen-bond donors (Lipinski definition) is 1. The highest BCUT2D eigenvalue weighted by molar-refractivity contribution is 6.32. The minimum atomic E-state index is -1.27. The topological polar surface area (TPSA) is 81.2 Å². The third-order valence-corrected chi connectivity index (χ3v) is 7.79. The van der Waals surface area contributed by atoms with Gasteiger partial charge in [-0.2, -0.15) is 0 Å². The van der Waals surface area contributed by atoms with E-state index in [-0.39, 0.29) is 41.5 Å². The van der Waals surface area contributed by atoms with Crippen LogP contribution in [0.25, 0.3) is 0 Å². The van der Waals surface area contributed by atoms with Crippen molar-refractivity contribution in [3.05, 3.63) is 98.7 Å². The number of anilines is 1. The molecule has 0 aliphatic carbocycles. The van der Waals surface area contributed by atoms with Gasteiger partial charge in [0.1, 0.15) is 11.9 Å². The van der Waals surface area contributed by atoms with E-state index >= 15 is 0 Å². The summed E-state index contributed by atoms with van der Waals surface area (Å²) in [6.45, 7) is 2.87. The summed E-state index contributed by atoms with van der Waals surface area (Å²) < 4.78 is 14.0. The van der Waals surface area contributed by atoms with Gasteiger partial charge in [0.25, 0.3) is 0 Å². The molecule has 3 aromatic rings. The van der Waals surface area contributed by atoms with E-state index in [1.165, 1.54) is 17.0 Å². The van der Waals surface area contributed by atoms with E-state index in [1.807, 2.05) is 0 Å². The van der Waals surface area contributed by atoms with Crippen LogP contribution in [0.2, 0.25) is 15.1 Å². The number of amides is 2. The lowest BCUT2D eigenvalue weighted by atomic mass is 9.94. The predicted molar refractivity (Wildman–Crippen MR) is 158 cm³/mol. The van der Waals surface area contributed by atoms with Crippen molar-refractivity contribution < 1.29 is 23.9 Å². The fourth-order valence-corrected chi connectivity index (χ4v) is 5.31. The summed E-state index contributed by atoms with van der Waals surface area (Å²) in [6.07, 6.45) is -0.247. The van der Waals surface area contributed by atoms with Crippen molar-refractivity contribution in [2.75, 3.05) is 44.2 Å². The molecule has 1 saturated heterocycles. The van der Waals surface area contributed by atoms with Gasteiger partial charge < -0.3 is 10.0 Å². The number of piperazine rings is 1. The lowest BCUT2D eigenvalue weighted by Crippen LogP contribution is -2.49. The smallest absolute Gasteiger partial charge is 0.228 e. The van der Waals surface area contributed by atoms with Crippen LogP contribution in [0.3, 0.4) is 0 Å². The molecule has 1 aliphatic heterocycles. The van der Waals surface area contributed by atoms with Crippen LogP contribution in [0.5, 0.6) is 0 Å². The van der Waals surface area contributed by atoms with E-state index in [2.05, 4.69) is 4.90 Å². The summed E-state index contributed by atoms with van der Waals surface area (Å²) in [5.41, 5.74) is 0.850. The maximum absolute atomic E-state index is 14.0. The largest absolute Gasteiger partial charge is 0.395 e. The fourth-order valence-electron chi connectivity index (χ4n) is 4.79. The monoisotopic (exact) mass is 619 g/mol. The van der Waals surface area contributed by atoms with Crippen LogP contribution < -0.4 is 4.90 Å². The first kappa shape index (κ1) is 30.9. The number of aliphatic hydroxyl groups excluding tert-OH is 1. The van der Waals surface area contributed by atoms with E-state index in [0.29, 0.717) is 48.5 Å². The molecule has 7 nitrogen and oxygen atoms in total. The molecule has 0 spiro atoms. The third-order valence-electron chi connectivity index (χ3n) is 6.96. The second-order valence-electron chi connectivity index (χ2n) is 9.63. The molecule has 4 rings (SSSR count). The third kappa shape index (κ3) is 7.84. The lowest BCUT2D eigenvalue weighted by molar-refractivity contribution is -0.134. The summed E-state index contributed by atoms with van der Waals surface area (Å²) in [6, 6.07) is 14.9. The van der Waals surface area contributed by atoms with Crippen molar-refractivity contribution in [1.82, 2.24) is 9.80 Å². The number of carbonyl (C=O) groups is 3. The van der Waals surface area contributed by atoms with Crippen molar-refractivity contribution in [1.29, 1.82) is 0 Å². The van der Waals surface area contributed by atoms with Crippen molar-refractivity contribution in [3.63, 3.8) is 0 Å². The Morgan fingerprint density at radius 3 is 2.05 bits per heavy atom. The number of aliphatic hydroxyl groups is 1. The second kappa shape index (κ2) is 14.2. The number of carbonyl (C=O) groups excluding carboxylic acids is 3.